The number of carbonyl (C=O) groups is 1. The molecule has 0 spiro atoms. The van der Waals surface area contributed by atoms with E-state index in [4.69, 9.17) is 14.2 Å². The Morgan fingerprint density at radius 3 is 1.37 bits per heavy atom. The highest BCUT2D eigenvalue weighted by molar-refractivity contribution is 5.82. The molecule has 6 aromatic rings. The lowest BCUT2D eigenvalue weighted by Gasteiger charge is -2.40. The molecule has 2 unspecified atom stereocenters. The van der Waals surface area contributed by atoms with Crippen LogP contribution in [0.15, 0.2) is 182 Å². The van der Waals surface area contributed by atoms with Crippen LogP contribution >= 0.6 is 0 Å². The predicted molar refractivity (Wildman–Crippen MR) is 227 cm³/mol. The highest BCUT2D eigenvalue weighted by Crippen LogP contribution is 2.38. The first-order chi connectivity index (χ1) is 27.9. The van der Waals surface area contributed by atoms with E-state index < -0.39 is 22.9 Å². The van der Waals surface area contributed by atoms with Gasteiger partial charge in [-0.1, -0.05) is 182 Å². The summed E-state index contributed by atoms with van der Waals surface area (Å²) in [6.07, 6.45) is 0.259. The first-order valence-electron chi connectivity index (χ1n) is 19.9. The fraction of sp³-hybridized carbons (Fsp3) is 0.260. The van der Waals surface area contributed by atoms with Gasteiger partial charge < -0.3 is 19.5 Å². The molecule has 292 valence electrons. The van der Waals surface area contributed by atoms with E-state index in [-0.39, 0.29) is 12.0 Å². The first kappa shape index (κ1) is 39.8. The Bertz CT molecular complexity index is 1910. The van der Waals surface area contributed by atoms with Crippen LogP contribution < -0.4 is 16.0 Å². The maximum atomic E-state index is 14.7. The summed E-state index contributed by atoms with van der Waals surface area (Å²) in [5.41, 5.74) is 4.93. The van der Waals surface area contributed by atoms with E-state index in [1.165, 1.54) is 0 Å². The summed E-state index contributed by atoms with van der Waals surface area (Å²) in [5, 5.41) is 11.1. The van der Waals surface area contributed by atoms with Crippen molar-refractivity contribution >= 4 is 5.91 Å². The third-order valence-corrected chi connectivity index (χ3v) is 10.7. The summed E-state index contributed by atoms with van der Waals surface area (Å²) in [7, 11) is 0. The smallest absolute Gasteiger partial charge is 0.237 e. The molecule has 1 saturated heterocycles. The molecule has 2 atom stereocenters. The molecule has 1 amide bonds. The van der Waals surface area contributed by atoms with Gasteiger partial charge in [0, 0.05) is 19.7 Å². The molecule has 1 aliphatic heterocycles. The minimum Gasteiger partial charge on any atom is -0.379 e. The summed E-state index contributed by atoms with van der Waals surface area (Å²) >= 11 is 0. The Labute approximate surface area is 337 Å². The number of ether oxygens (including phenoxy) is 3. The molecule has 7 rings (SSSR count). The van der Waals surface area contributed by atoms with E-state index in [0.29, 0.717) is 39.3 Å². The second-order valence-corrected chi connectivity index (χ2v) is 14.9. The van der Waals surface area contributed by atoms with Gasteiger partial charge in [0.05, 0.1) is 30.3 Å². The van der Waals surface area contributed by atoms with Crippen molar-refractivity contribution in [3.63, 3.8) is 0 Å². The van der Waals surface area contributed by atoms with Crippen LogP contribution in [0.2, 0.25) is 0 Å². The second-order valence-electron chi connectivity index (χ2n) is 14.9. The zero-order chi connectivity index (χ0) is 39.4. The lowest BCUT2D eigenvalue weighted by Crippen LogP contribution is -2.56. The van der Waals surface area contributed by atoms with Crippen molar-refractivity contribution in [1.82, 2.24) is 16.0 Å². The van der Waals surface area contributed by atoms with E-state index in [0.717, 1.165) is 33.4 Å². The van der Waals surface area contributed by atoms with Gasteiger partial charge in [0.15, 0.2) is 5.79 Å². The lowest BCUT2D eigenvalue weighted by atomic mass is 9.76. The fourth-order valence-electron chi connectivity index (χ4n) is 8.04. The number of benzene rings is 6. The molecular formula is C50H53N3O4. The number of amides is 1. The van der Waals surface area contributed by atoms with Crippen molar-refractivity contribution < 1.29 is 19.0 Å². The number of nitrogens with one attached hydrogen (secondary N) is 3. The van der Waals surface area contributed by atoms with Gasteiger partial charge in [0.2, 0.25) is 5.91 Å². The SMILES string of the molecule is CC1(C)OCC(COCCC(NC(c2ccccc2)(c2ccccc2)c2ccccc2)C(=O)NCCNC(c2ccccc2)(c2ccccc2)c2ccccc2)O1. The second kappa shape index (κ2) is 18.7. The Hall–Kier alpha value is -5.41. The summed E-state index contributed by atoms with van der Waals surface area (Å²) in [6.45, 7) is 5.91. The van der Waals surface area contributed by atoms with Crippen LogP contribution in [0.5, 0.6) is 0 Å². The molecule has 7 heteroatoms. The maximum absolute atomic E-state index is 14.7. The average Bonchev–Trinajstić information content (AvgIpc) is 3.63. The molecule has 3 N–H and O–H groups in total. The summed E-state index contributed by atoms with van der Waals surface area (Å²) in [4.78, 5) is 14.7. The number of hydrogen-bond donors (Lipinski definition) is 3. The van der Waals surface area contributed by atoms with E-state index in [9.17, 15) is 4.79 Å². The lowest BCUT2D eigenvalue weighted by molar-refractivity contribution is -0.145. The van der Waals surface area contributed by atoms with Crippen molar-refractivity contribution in [2.24, 2.45) is 0 Å². The number of carbonyl (C=O) groups excluding carboxylic acids is 1. The molecule has 7 nitrogen and oxygen atoms in total. The Kier molecular flexibility index (Phi) is 13.1. The van der Waals surface area contributed by atoms with Crippen molar-refractivity contribution in [2.45, 2.75) is 49.3 Å². The zero-order valence-corrected chi connectivity index (χ0v) is 32.9. The standard InChI is InChI=1S/C50H53N3O4/c1-48(2)56-38-45(57-48)37-55-36-33-46(53-50(42-27-15-6-16-28-42,43-29-17-7-18-30-43)44-31-19-8-20-32-44)47(54)51-34-35-52-49(39-21-9-3-10-22-39,40-23-11-4-12-24-40)41-25-13-5-14-26-41/h3-32,45-46,52-53H,33-38H2,1-2H3,(H,51,54). The Morgan fingerprint density at radius 2 is 1.00 bits per heavy atom. The van der Waals surface area contributed by atoms with Gasteiger partial charge in [0.25, 0.3) is 0 Å². The van der Waals surface area contributed by atoms with Gasteiger partial charge in [-0.3, -0.25) is 15.4 Å². The van der Waals surface area contributed by atoms with E-state index >= 15 is 0 Å². The van der Waals surface area contributed by atoms with Crippen molar-refractivity contribution in [3.05, 3.63) is 215 Å². The predicted octanol–water partition coefficient (Wildman–Crippen LogP) is 8.19. The molecular weight excluding hydrogens is 707 g/mol. The van der Waals surface area contributed by atoms with Crippen LogP contribution in [-0.4, -0.2) is 56.8 Å². The van der Waals surface area contributed by atoms with Gasteiger partial charge in [-0.25, -0.2) is 0 Å². The van der Waals surface area contributed by atoms with E-state index in [1.54, 1.807) is 0 Å². The molecule has 57 heavy (non-hydrogen) atoms. The molecule has 0 saturated carbocycles. The Balaban J connectivity index is 1.17. The third kappa shape index (κ3) is 9.26. The van der Waals surface area contributed by atoms with Crippen LogP contribution in [0.3, 0.4) is 0 Å². The summed E-state index contributed by atoms with van der Waals surface area (Å²) < 4.78 is 18.0. The van der Waals surface area contributed by atoms with Gasteiger partial charge >= 0.3 is 0 Å². The normalized spacial score (nSPS) is 15.9. The maximum Gasteiger partial charge on any atom is 0.237 e. The van der Waals surface area contributed by atoms with Crippen molar-refractivity contribution in [2.75, 3.05) is 32.9 Å². The Morgan fingerprint density at radius 1 is 0.614 bits per heavy atom. The van der Waals surface area contributed by atoms with Gasteiger partial charge in [-0.05, 0) is 53.6 Å². The topological polar surface area (TPSA) is 80.9 Å². The minimum absolute atomic E-state index is 0.112. The molecule has 1 fully saturated rings. The van der Waals surface area contributed by atoms with Gasteiger partial charge in [-0.15, -0.1) is 0 Å². The van der Waals surface area contributed by atoms with E-state index in [1.807, 2.05) is 86.6 Å². The quantitative estimate of drug-likeness (QED) is 0.0606. The molecule has 0 aromatic heterocycles. The largest absolute Gasteiger partial charge is 0.379 e. The van der Waals surface area contributed by atoms with Crippen LogP contribution in [0, 0.1) is 0 Å². The first-order valence-corrected chi connectivity index (χ1v) is 19.9. The molecule has 1 heterocycles. The zero-order valence-electron chi connectivity index (χ0n) is 32.9. The highest BCUT2D eigenvalue weighted by atomic mass is 16.7. The summed E-state index contributed by atoms with van der Waals surface area (Å²) in [6, 6.07) is 61.9. The molecule has 0 aliphatic carbocycles. The van der Waals surface area contributed by atoms with E-state index in [2.05, 4.69) is 125 Å². The van der Waals surface area contributed by atoms with Gasteiger partial charge in [0.1, 0.15) is 6.10 Å². The molecule has 6 aromatic carbocycles. The molecule has 0 bridgehead atoms. The fourth-order valence-corrected chi connectivity index (χ4v) is 8.04. The van der Waals surface area contributed by atoms with Crippen LogP contribution in [0.25, 0.3) is 0 Å². The van der Waals surface area contributed by atoms with Crippen molar-refractivity contribution in [1.29, 1.82) is 0 Å². The number of hydrogen-bond acceptors (Lipinski definition) is 6. The van der Waals surface area contributed by atoms with Gasteiger partial charge in [-0.2, -0.15) is 0 Å². The van der Waals surface area contributed by atoms with Crippen molar-refractivity contribution in [3.8, 4) is 0 Å². The summed E-state index contributed by atoms with van der Waals surface area (Å²) in [5.74, 6) is -0.745. The average molecular weight is 760 g/mol. The van der Waals surface area contributed by atoms with Crippen LogP contribution in [0.4, 0.5) is 0 Å². The number of rotatable bonds is 18. The minimum atomic E-state index is -0.848. The van der Waals surface area contributed by atoms with Crippen LogP contribution in [-0.2, 0) is 30.1 Å². The molecule has 0 radical (unpaired) electrons. The highest BCUT2D eigenvalue weighted by Gasteiger charge is 2.40. The van der Waals surface area contributed by atoms with Crippen LogP contribution in [0.1, 0.15) is 53.6 Å². The monoisotopic (exact) mass is 759 g/mol. The third-order valence-electron chi connectivity index (χ3n) is 10.7. The molecule has 1 aliphatic rings.